The molecule has 0 bridgehead atoms. The number of rotatable bonds is 3. The zero-order valence-electron chi connectivity index (χ0n) is 12.3. The average molecular weight is 285 g/mol. The van der Waals surface area contributed by atoms with Crippen molar-refractivity contribution < 1.29 is 13.2 Å². The monoisotopic (exact) mass is 285 g/mol. The molecule has 112 valence electrons. The molecule has 4 heteroatoms. The summed E-state index contributed by atoms with van der Waals surface area (Å²) >= 11 is 0. The molecule has 0 aliphatic heterocycles. The van der Waals surface area contributed by atoms with Gasteiger partial charge in [-0.3, -0.25) is 5.32 Å². The van der Waals surface area contributed by atoms with Crippen molar-refractivity contribution in [2.24, 2.45) is 0 Å². The first-order valence-electron chi connectivity index (χ1n) is 7.16. The number of hydrogen-bond donors (Lipinski definition) is 1. The van der Waals surface area contributed by atoms with Crippen LogP contribution in [0, 0.1) is 0 Å². The van der Waals surface area contributed by atoms with Crippen LogP contribution in [0.3, 0.4) is 0 Å². The van der Waals surface area contributed by atoms with E-state index in [-0.39, 0.29) is 11.8 Å². The van der Waals surface area contributed by atoms with Crippen molar-refractivity contribution in [3.8, 4) is 0 Å². The minimum atomic E-state index is -4.28. The van der Waals surface area contributed by atoms with Crippen LogP contribution >= 0.6 is 0 Å². The van der Waals surface area contributed by atoms with Crippen molar-refractivity contribution in [3.05, 3.63) is 35.4 Å². The maximum Gasteiger partial charge on any atom is 0.410 e. The molecule has 0 radical (unpaired) electrons. The molecule has 1 unspecified atom stereocenters. The topological polar surface area (TPSA) is 12.0 Å². The highest BCUT2D eigenvalue weighted by molar-refractivity contribution is 5.42. The summed E-state index contributed by atoms with van der Waals surface area (Å²) in [6.45, 7) is 6.29. The molecule has 0 heterocycles. The van der Waals surface area contributed by atoms with E-state index >= 15 is 0 Å². The van der Waals surface area contributed by atoms with Crippen LogP contribution in [0.1, 0.15) is 51.2 Å². The largest absolute Gasteiger partial charge is 0.410 e. The molecule has 0 saturated heterocycles. The highest BCUT2D eigenvalue weighted by Crippen LogP contribution is 2.51. The summed E-state index contributed by atoms with van der Waals surface area (Å²) in [5.41, 5.74) is -0.890. The van der Waals surface area contributed by atoms with E-state index in [1.54, 1.807) is 12.1 Å². The summed E-state index contributed by atoms with van der Waals surface area (Å²) in [6.07, 6.45) is -2.97. The van der Waals surface area contributed by atoms with Gasteiger partial charge in [0, 0.05) is 0 Å². The zero-order chi connectivity index (χ0) is 15.0. The van der Waals surface area contributed by atoms with Gasteiger partial charge in [-0.05, 0) is 42.3 Å². The van der Waals surface area contributed by atoms with Crippen LogP contribution in [0.15, 0.2) is 24.3 Å². The van der Waals surface area contributed by atoms with Crippen molar-refractivity contribution in [2.45, 2.75) is 57.2 Å². The van der Waals surface area contributed by atoms with Gasteiger partial charge in [-0.15, -0.1) is 0 Å². The second kappa shape index (κ2) is 5.06. The van der Waals surface area contributed by atoms with E-state index in [0.717, 1.165) is 5.56 Å². The highest BCUT2D eigenvalue weighted by Gasteiger charge is 2.58. The van der Waals surface area contributed by atoms with Crippen LogP contribution in [0.25, 0.3) is 0 Å². The van der Waals surface area contributed by atoms with Gasteiger partial charge in [0.25, 0.3) is 0 Å². The Morgan fingerprint density at radius 2 is 1.70 bits per heavy atom. The van der Waals surface area contributed by atoms with Crippen molar-refractivity contribution >= 4 is 0 Å². The molecule has 0 saturated carbocycles. The second-order valence-electron chi connectivity index (χ2n) is 6.26. The van der Waals surface area contributed by atoms with E-state index in [2.05, 4.69) is 5.32 Å². The van der Waals surface area contributed by atoms with E-state index in [1.807, 2.05) is 32.9 Å². The molecular weight excluding hydrogens is 263 g/mol. The van der Waals surface area contributed by atoms with Gasteiger partial charge in [0.05, 0.1) is 0 Å². The quantitative estimate of drug-likeness (QED) is 0.861. The standard InChI is InChI=1S/C16H22F3N/c1-4-11-20-15(16(17,18)19)10-9-14(2,3)12-7-5-6-8-13(12)15/h5-8,20H,4,9-11H2,1-3H3. The lowest BCUT2D eigenvalue weighted by molar-refractivity contribution is -0.207. The molecule has 0 spiro atoms. The lowest BCUT2D eigenvalue weighted by Gasteiger charge is -2.46. The van der Waals surface area contributed by atoms with Crippen LogP contribution in [0.2, 0.25) is 0 Å². The first-order valence-corrected chi connectivity index (χ1v) is 7.16. The molecule has 1 aromatic rings. The first-order chi connectivity index (χ1) is 9.24. The van der Waals surface area contributed by atoms with Gasteiger partial charge in [-0.25, -0.2) is 0 Å². The smallest absolute Gasteiger partial charge is 0.300 e. The predicted octanol–water partition coefficient (Wildman–Crippen LogP) is 4.52. The van der Waals surface area contributed by atoms with Crippen LogP contribution in [0.5, 0.6) is 0 Å². The lowest BCUT2D eigenvalue weighted by Crippen LogP contribution is -2.57. The molecule has 20 heavy (non-hydrogen) atoms. The number of nitrogens with one attached hydrogen (secondary N) is 1. The van der Waals surface area contributed by atoms with Crippen molar-refractivity contribution in [3.63, 3.8) is 0 Å². The summed E-state index contributed by atoms with van der Waals surface area (Å²) in [7, 11) is 0. The number of hydrogen-bond acceptors (Lipinski definition) is 1. The molecule has 1 nitrogen and oxygen atoms in total. The maximum atomic E-state index is 13.8. The summed E-state index contributed by atoms with van der Waals surface area (Å²) in [4.78, 5) is 0. The molecule has 0 fully saturated rings. The summed E-state index contributed by atoms with van der Waals surface area (Å²) < 4.78 is 41.4. The molecule has 0 aromatic heterocycles. The molecule has 1 atom stereocenters. The molecule has 1 N–H and O–H groups in total. The Kier molecular flexibility index (Phi) is 3.89. The van der Waals surface area contributed by atoms with Crippen LogP contribution in [0.4, 0.5) is 13.2 Å². The third kappa shape index (κ3) is 2.34. The third-order valence-corrected chi connectivity index (χ3v) is 4.40. The van der Waals surface area contributed by atoms with Gasteiger partial charge in [-0.1, -0.05) is 45.0 Å². The number of halogens is 3. The Balaban J connectivity index is 2.59. The lowest BCUT2D eigenvalue weighted by atomic mass is 9.65. The summed E-state index contributed by atoms with van der Waals surface area (Å²) in [5, 5.41) is 2.79. The van der Waals surface area contributed by atoms with Gasteiger partial charge in [0.15, 0.2) is 0 Å². The van der Waals surface area contributed by atoms with Gasteiger partial charge in [0.1, 0.15) is 5.54 Å². The highest BCUT2D eigenvalue weighted by atomic mass is 19.4. The maximum absolute atomic E-state index is 13.8. The molecule has 2 rings (SSSR count). The van der Waals surface area contributed by atoms with Gasteiger partial charge in [-0.2, -0.15) is 13.2 Å². The summed E-state index contributed by atoms with van der Waals surface area (Å²) in [6, 6.07) is 7.00. The molecule has 1 aliphatic carbocycles. The Morgan fingerprint density at radius 3 is 2.25 bits per heavy atom. The van der Waals surface area contributed by atoms with E-state index < -0.39 is 11.7 Å². The Hall–Kier alpha value is -1.03. The average Bonchev–Trinajstić information content (AvgIpc) is 2.37. The number of benzene rings is 1. The SMILES string of the molecule is CCCNC1(C(F)(F)F)CCC(C)(C)c2ccccc21. The molecule has 1 aliphatic rings. The van der Waals surface area contributed by atoms with E-state index in [9.17, 15) is 13.2 Å². The van der Waals surface area contributed by atoms with E-state index in [4.69, 9.17) is 0 Å². The van der Waals surface area contributed by atoms with Crippen molar-refractivity contribution in [1.29, 1.82) is 0 Å². The second-order valence-corrected chi connectivity index (χ2v) is 6.26. The predicted molar refractivity (Wildman–Crippen MR) is 74.7 cm³/mol. The third-order valence-electron chi connectivity index (χ3n) is 4.40. The zero-order valence-corrected chi connectivity index (χ0v) is 12.3. The Labute approximate surface area is 118 Å². The molecule has 1 aromatic carbocycles. The normalized spacial score (nSPS) is 25.3. The first kappa shape index (κ1) is 15.4. The van der Waals surface area contributed by atoms with Crippen LogP contribution in [-0.2, 0) is 11.0 Å². The van der Waals surface area contributed by atoms with Crippen molar-refractivity contribution in [1.82, 2.24) is 5.32 Å². The van der Waals surface area contributed by atoms with E-state index in [1.165, 1.54) is 0 Å². The van der Waals surface area contributed by atoms with Gasteiger partial charge < -0.3 is 0 Å². The minimum absolute atomic E-state index is 0.0977. The van der Waals surface area contributed by atoms with Gasteiger partial charge >= 0.3 is 6.18 Å². The minimum Gasteiger partial charge on any atom is -0.300 e. The Bertz CT molecular complexity index is 479. The van der Waals surface area contributed by atoms with Crippen LogP contribution < -0.4 is 5.32 Å². The van der Waals surface area contributed by atoms with Crippen molar-refractivity contribution in [2.75, 3.05) is 6.54 Å². The number of alkyl halides is 3. The van der Waals surface area contributed by atoms with E-state index in [0.29, 0.717) is 24.9 Å². The number of fused-ring (bicyclic) bond motifs is 1. The fourth-order valence-electron chi connectivity index (χ4n) is 3.13. The summed E-state index contributed by atoms with van der Waals surface area (Å²) in [5.74, 6) is 0. The fraction of sp³-hybridized carbons (Fsp3) is 0.625. The van der Waals surface area contributed by atoms with Gasteiger partial charge in [0.2, 0.25) is 0 Å². The fourth-order valence-corrected chi connectivity index (χ4v) is 3.13. The van der Waals surface area contributed by atoms with Crippen LogP contribution in [-0.4, -0.2) is 12.7 Å². The molecular formula is C16H22F3N. The Morgan fingerprint density at radius 1 is 1.10 bits per heavy atom. The molecule has 0 amide bonds.